The summed E-state index contributed by atoms with van der Waals surface area (Å²) in [6.45, 7) is 4.11. The van der Waals surface area contributed by atoms with Crippen LogP contribution in [0.4, 0.5) is 0 Å². The van der Waals surface area contributed by atoms with Gasteiger partial charge in [-0.05, 0) is 62.4 Å². The molecule has 0 radical (unpaired) electrons. The summed E-state index contributed by atoms with van der Waals surface area (Å²) in [5, 5.41) is 4.64. The van der Waals surface area contributed by atoms with Crippen molar-refractivity contribution in [2.75, 3.05) is 7.11 Å². The highest BCUT2D eigenvalue weighted by atomic mass is 35.5. The third-order valence-corrected chi connectivity index (χ3v) is 4.35. The van der Waals surface area contributed by atoms with Gasteiger partial charge in [-0.1, -0.05) is 16.8 Å². The van der Waals surface area contributed by atoms with E-state index in [2.05, 4.69) is 10.1 Å². The van der Waals surface area contributed by atoms with Crippen LogP contribution in [0.5, 0.6) is 5.75 Å². The van der Waals surface area contributed by atoms with Gasteiger partial charge in [-0.15, -0.1) is 0 Å². The summed E-state index contributed by atoms with van der Waals surface area (Å²) in [5.74, 6) is 1.42. The summed E-state index contributed by atoms with van der Waals surface area (Å²) in [5.41, 5.74) is 1.37. The van der Waals surface area contributed by atoms with E-state index in [4.69, 9.17) is 20.9 Å². The lowest BCUT2D eigenvalue weighted by Crippen LogP contribution is -2.36. The van der Waals surface area contributed by atoms with Gasteiger partial charge < -0.3 is 14.2 Å². The number of nitrogens with zero attached hydrogens (tertiary/aromatic N) is 3. The first-order valence-electron chi connectivity index (χ1n) is 8.51. The van der Waals surface area contributed by atoms with E-state index in [0.717, 1.165) is 5.56 Å². The van der Waals surface area contributed by atoms with Gasteiger partial charge in [0.15, 0.2) is 0 Å². The minimum absolute atomic E-state index is 0.0366. The molecule has 1 aromatic heterocycles. The van der Waals surface area contributed by atoms with Crippen LogP contribution in [0.25, 0.3) is 11.4 Å². The molecule has 0 unspecified atom stereocenters. The fourth-order valence-electron chi connectivity index (χ4n) is 2.57. The van der Waals surface area contributed by atoms with E-state index in [-0.39, 0.29) is 18.5 Å². The van der Waals surface area contributed by atoms with Gasteiger partial charge >= 0.3 is 0 Å². The maximum Gasteiger partial charge on any atom is 0.254 e. The first-order valence-corrected chi connectivity index (χ1v) is 8.89. The Labute approximate surface area is 162 Å². The minimum Gasteiger partial charge on any atom is -0.497 e. The summed E-state index contributed by atoms with van der Waals surface area (Å²) >= 11 is 5.90. The first kappa shape index (κ1) is 18.9. The molecule has 0 atom stereocenters. The Morgan fingerprint density at radius 1 is 1.15 bits per heavy atom. The molecule has 7 heteroatoms. The number of carbonyl (C=O) groups excluding carboxylic acids is 1. The molecule has 1 amide bonds. The van der Waals surface area contributed by atoms with E-state index in [0.29, 0.717) is 28.1 Å². The second-order valence-electron chi connectivity index (χ2n) is 6.27. The van der Waals surface area contributed by atoms with Crippen LogP contribution >= 0.6 is 11.6 Å². The molecule has 0 fully saturated rings. The largest absolute Gasteiger partial charge is 0.497 e. The number of amides is 1. The maximum atomic E-state index is 12.9. The molecule has 3 rings (SSSR count). The van der Waals surface area contributed by atoms with E-state index < -0.39 is 0 Å². The molecule has 0 aliphatic carbocycles. The van der Waals surface area contributed by atoms with Crippen LogP contribution in [0.1, 0.15) is 30.1 Å². The zero-order chi connectivity index (χ0) is 19.4. The van der Waals surface area contributed by atoms with Gasteiger partial charge in [0.1, 0.15) is 12.3 Å². The fourth-order valence-corrected chi connectivity index (χ4v) is 2.70. The van der Waals surface area contributed by atoms with E-state index in [9.17, 15) is 4.79 Å². The van der Waals surface area contributed by atoms with Gasteiger partial charge in [-0.3, -0.25) is 4.79 Å². The number of hydrogen-bond donors (Lipinski definition) is 0. The van der Waals surface area contributed by atoms with Crippen molar-refractivity contribution in [2.24, 2.45) is 0 Å². The molecule has 1 heterocycles. The molecule has 27 heavy (non-hydrogen) atoms. The molecule has 0 bridgehead atoms. The molecule has 0 spiro atoms. The van der Waals surface area contributed by atoms with Crippen LogP contribution in [-0.4, -0.2) is 34.1 Å². The summed E-state index contributed by atoms with van der Waals surface area (Å²) in [6.07, 6.45) is 0. The lowest BCUT2D eigenvalue weighted by Gasteiger charge is -2.25. The normalized spacial score (nSPS) is 10.9. The Hall–Kier alpha value is -2.86. The SMILES string of the molecule is COc1ccc(C(=O)N(Cc2nc(-c3ccc(Cl)cc3)no2)C(C)C)cc1. The van der Waals surface area contributed by atoms with Crippen molar-refractivity contribution in [2.45, 2.75) is 26.4 Å². The highest BCUT2D eigenvalue weighted by Gasteiger charge is 2.22. The molecule has 140 valence electrons. The maximum absolute atomic E-state index is 12.9. The molecular formula is C20H20ClN3O3. The first-order chi connectivity index (χ1) is 13.0. The van der Waals surface area contributed by atoms with Crippen molar-refractivity contribution >= 4 is 17.5 Å². The zero-order valence-electron chi connectivity index (χ0n) is 15.3. The summed E-state index contributed by atoms with van der Waals surface area (Å²) in [4.78, 5) is 19.0. The van der Waals surface area contributed by atoms with Crippen molar-refractivity contribution in [1.29, 1.82) is 0 Å². The highest BCUT2D eigenvalue weighted by Crippen LogP contribution is 2.20. The van der Waals surface area contributed by atoms with Crippen LogP contribution in [-0.2, 0) is 6.54 Å². The van der Waals surface area contributed by atoms with Crippen LogP contribution in [0, 0.1) is 0 Å². The number of rotatable bonds is 6. The number of hydrogen-bond acceptors (Lipinski definition) is 5. The number of halogens is 1. The van der Waals surface area contributed by atoms with E-state index in [1.807, 2.05) is 26.0 Å². The smallest absolute Gasteiger partial charge is 0.254 e. The second-order valence-corrected chi connectivity index (χ2v) is 6.71. The Morgan fingerprint density at radius 2 is 1.81 bits per heavy atom. The van der Waals surface area contributed by atoms with Crippen LogP contribution in [0.2, 0.25) is 5.02 Å². The lowest BCUT2D eigenvalue weighted by molar-refractivity contribution is 0.0667. The van der Waals surface area contributed by atoms with Crippen molar-refractivity contribution in [3.8, 4) is 17.1 Å². The number of methoxy groups -OCH3 is 1. The fraction of sp³-hybridized carbons (Fsp3) is 0.250. The van der Waals surface area contributed by atoms with Gasteiger partial charge in [-0.2, -0.15) is 4.98 Å². The third-order valence-electron chi connectivity index (χ3n) is 4.10. The van der Waals surface area contributed by atoms with Crippen molar-refractivity contribution in [3.05, 3.63) is 65.0 Å². The zero-order valence-corrected chi connectivity index (χ0v) is 16.1. The monoisotopic (exact) mass is 385 g/mol. The summed E-state index contributed by atoms with van der Waals surface area (Å²) in [7, 11) is 1.59. The van der Waals surface area contributed by atoms with Gasteiger partial charge in [0.05, 0.1) is 7.11 Å². The quantitative estimate of drug-likeness (QED) is 0.627. The number of benzene rings is 2. The number of carbonyl (C=O) groups is 1. The molecule has 0 saturated heterocycles. The second kappa shape index (κ2) is 8.22. The standard InChI is InChI=1S/C20H20ClN3O3/c1-13(2)24(20(25)15-6-10-17(26-3)11-7-15)12-18-22-19(23-27-18)14-4-8-16(21)9-5-14/h4-11,13H,12H2,1-3H3. The molecule has 0 aliphatic rings. The Morgan fingerprint density at radius 3 is 2.41 bits per heavy atom. The van der Waals surface area contributed by atoms with Crippen molar-refractivity contribution < 1.29 is 14.1 Å². The Balaban J connectivity index is 1.78. The molecule has 2 aromatic carbocycles. The van der Waals surface area contributed by atoms with Crippen molar-refractivity contribution in [1.82, 2.24) is 15.0 Å². The van der Waals surface area contributed by atoms with Crippen LogP contribution < -0.4 is 4.74 Å². The topological polar surface area (TPSA) is 68.5 Å². The Bertz CT molecular complexity index is 905. The number of aromatic nitrogens is 2. The molecular weight excluding hydrogens is 366 g/mol. The van der Waals surface area contributed by atoms with Crippen LogP contribution in [0.15, 0.2) is 53.1 Å². The predicted octanol–water partition coefficient (Wildman–Crippen LogP) is 4.45. The summed E-state index contributed by atoms with van der Waals surface area (Å²) < 4.78 is 10.5. The molecule has 0 N–H and O–H groups in total. The molecule has 0 saturated carbocycles. The summed E-state index contributed by atoms with van der Waals surface area (Å²) in [6, 6.07) is 14.1. The van der Waals surface area contributed by atoms with Gasteiger partial charge in [0, 0.05) is 22.2 Å². The predicted molar refractivity (Wildman–Crippen MR) is 103 cm³/mol. The third kappa shape index (κ3) is 4.46. The van der Waals surface area contributed by atoms with E-state index >= 15 is 0 Å². The van der Waals surface area contributed by atoms with Crippen LogP contribution in [0.3, 0.4) is 0 Å². The molecule has 3 aromatic rings. The number of ether oxygens (including phenoxy) is 1. The lowest BCUT2D eigenvalue weighted by atomic mass is 10.1. The Kier molecular flexibility index (Phi) is 5.76. The highest BCUT2D eigenvalue weighted by molar-refractivity contribution is 6.30. The molecule has 6 nitrogen and oxygen atoms in total. The van der Waals surface area contributed by atoms with E-state index in [1.165, 1.54) is 0 Å². The van der Waals surface area contributed by atoms with Gasteiger partial charge in [0.25, 0.3) is 5.91 Å². The minimum atomic E-state index is -0.112. The van der Waals surface area contributed by atoms with E-state index in [1.54, 1.807) is 48.4 Å². The van der Waals surface area contributed by atoms with Gasteiger partial charge in [-0.25, -0.2) is 0 Å². The average molecular weight is 386 g/mol. The molecule has 0 aliphatic heterocycles. The van der Waals surface area contributed by atoms with Crippen molar-refractivity contribution in [3.63, 3.8) is 0 Å². The van der Waals surface area contributed by atoms with Gasteiger partial charge in [0.2, 0.25) is 11.7 Å². The average Bonchev–Trinajstić information content (AvgIpc) is 3.14.